The lowest BCUT2D eigenvalue weighted by atomic mass is 9.91. The third kappa shape index (κ3) is 2.44. The molecule has 2 N–H and O–H groups in total. The van der Waals surface area contributed by atoms with Gasteiger partial charge in [-0.25, -0.2) is 0 Å². The largest absolute Gasteiger partial charge is 0.394 e. The second-order valence-electron chi connectivity index (χ2n) is 4.66. The molecule has 2 unspecified atom stereocenters. The molecule has 0 spiro atoms. The molecular weight excluding hydrogens is 194 g/mol. The van der Waals surface area contributed by atoms with E-state index in [1.165, 1.54) is 44.3 Å². The molecule has 0 radical (unpaired) electrons. The van der Waals surface area contributed by atoms with Crippen molar-refractivity contribution < 1.29 is 5.11 Å². The first-order valence-electron chi connectivity index (χ1n) is 5.82. The Hall–Kier alpha value is 0.270. The molecule has 2 saturated heterocycles. The number of aliphatic hydroxyl groups is 1. The summed E-state index contributed by atoms with van der Waals surface area (Å²) in [6, 6.07) is 0. The van der Waals surface area contributed by atoms with Crippen LogP contribution in [0.2, 0.25) is 0 Å². The van der Waals surface area contributed by atoms with Gasteiger partial charge in [-0.2, -0.15) is 11.8 Å². The van der Waals surface area contributed by atoms with Crippen molar-refractivity contribution in [2.24, 2.45) is 0 Å². The molecule has 0 bridgehead atoms. The summed E-state index contributed by atoms with van der Waals surface area (Å²) in [5.41, 5.74) is 0.0784. The Labute approximate surface area is 90.8 Å². The van der Waals surface area contributed by atoms with E-state index in [0.717, 1.165) is 11.8 Å². The van der Waals surface area contributed by atoms with Gasteiger partial charge in [0, 0.05) is 10.8 Å². The minimum Gasteiger partial charge on any atom is -0.394 e. The number of aliphatic hydroxyl groups excluding tert-OH is 1. The first-order chi connectivity index (χ1) is 6.85. The van der Waals surface area contributed by atoms with Crippen LogP contribution in [-0.2, 0) is 0 Å². The Bertz CT molecular complexity index is 174. The number of thioether (sulfide) groups is 1. The zero-order valence-electron chi connectivity index (χ0n) is 8.80. The number of hydrogen-bond donors (Lipinski definition) is 2. The predicted molar refractivity (Wildman–Crippen MR) is 61.8 cm³/mol. The van der Waals surface area contributed by atoms with Crippen molar-refractivity contribution in [2.45, 2.75) is 49.3 Å². The van der Waals surface area contributed by atoms with Crippen molar-refractivity contribution in [3.8, 4) is 0 Å². The van der Waals surface area contributed by atoms with Gasteiger partial charge >= 0.3 is 0 Å². The highest BCUT2D eigenvalue weighted by Crippen LogP contribution is 2.34. The standard InChI is InChI=1S/C11H21NOS/c13-9-11(5-3-6-12-11)8-10-4-1-2-7-14-10/h10,12-13H,1-9H2. The monoisotopic (exact) mass is 215 g/mol. The fraction of sp³-hybridized carbons (Fsp3) is 1.00. The van der Waals surface area contributed by atoms with Crippen LogP contribution >= 0.6 is 11.8 Å². The predicted octanol–water partition coefficient (Wildman–Crippen LogP) is 1.78. The van der Waals surface area contributed by atoms with E-state index in [1.54, 1.807) is 0 Å². The Balaban J connectivity index is 1.86. The molecule has 2 heterocycles. The summed E-state index contributed by atoms with van der Waals surface area (Å²) in [6.07, 6.45) is 7.71. The lowest BCUT2D eigenvalue weighted by molar-refractivity contribution is 0.167. The average molecular weight is 215 g/mol. The maximum Gasteiger partial charge on any atom is 0.0613 e. The second kappa shape index (κ2) is 4.86. The molecule has 2 atom stereocenters. The van der Waals surface area contributed by atoms with Crippen LogP contribution in [0.5, 0.6) is 0 Å². The van der Waals surface area contributed by atoms with Gasteiger partial charge in [0.15, 0.2) is 0 Å². The molecular formula is C11H21NOS. The van der Waals surface area contributed by atoms with E-state index in [0.29, 0.717) is 6.61 Å². The van der Waals surface area contributed by atoms with Crippen LogP contribution in [0.15, 0.2) is 0 Å². The lowest BCUT2D eigenvalue weighted by Gasteiger charge is -2.33. The summed E-state index contributed by atoms with van der Waals surface area (Å²) >= 11 is 2.11. The van der Waals surface area contributed by atoms with E-state index in [9.17, 15) is 5.11 Å². The van der Waals surface area contributed by atoms with E-state index in [2.05, 4.69) is 17.1 Å². The zero-order chi connectivity index (χ0) is 9.86. The fourth-order valence-electron chi connectivity index (χ4n) is 2.65. The summed E-state index contributed by atoms with van der Waals surface area (Å²) < 4.78 is 0. The number of nitrogens with one attached hydrogen (secondary N) is 1. The van der Waals surface area contributed by atoms with Crippen molar-refractivity contribution in [1.82, 2.24) is 5.32 Å². The normalized spacial score (nSPS) is 38.8. The molecule has 2 fully saturated rings. The summed E-state index contributed by atoms with van der Waals surface area (Å²) in [5, 5.41) is 13.8. The smallest absolute Gasteiger partial charge is 0.0613 e. The molecule has 0 saturated carbocycles. The third-order valence-corrected chi connectivity index (χ3v) is 4.93. The molecule has 0 aromatic heterocycles. The summed E-state index contributed by atoms with van der Waals surface area (Å²) in [6.45, 7) is 1.42. The van der Waals surface area contributed by atoms with E-state index in [1.807, 2.05) is 0 Å². The Morgan fingerprint density at radius 2 is 2.29 bits per heavy atom. The van der Waals surface area contributed by atoms with E-state index in [4.69, 9.17) is 0 Å². The highest BCUT2D eigenvalue weighted by atomic mass is 32.2. The highest BCUT2D eigenvalue weighted by Gasteiger charge is 2.35. The fourth-order valence-corrected chi connectivity index (χ4v) is 4.12. The van der Waals surface area contributed by atoms with Crippen LogP contribution in [0.3, 0.4) is 0 Å². The third-order valence-electron chi connectivity index (χ3n) is 3.53. The van der Waals surface area contributed by atoms with Gasteiger partial charge < -0.3 is 10.4 Å². The molecule has 0 aliphatic carbocycles. The van der Waals surface area contributed by atoms with Crippen LogP contribution < -0.4 is 5.32 Å². The van der Waals surface area contributed by atoms with Gasteiger partial charge in [-0.1, -0.05) is 6.42 Å². The Morgan fingerprint density at radius 1 is 1.36 bits per heavy atom. The van der Waals surface area contributed by atoms with Crippen LogP contribution in [0.4, 0.5) is 0 Å². The van der Waals surface area contributed by atoms with Gasteiger partial charge in [-0.05, 0) is 44.4 Å². The number of hydrogen-bond acceptors (Lipinski definition) is 3. The lowest BCUT2D eigenvalue weighted by Crippen LogP contribution is -2.45. The van der Waals surface area contributed by atoms with Gasteiger partial charge in [-0.3, -0.25) is 0 Å². The van der Waals surface area contributed by atoms with E-state index < -0.39 is 0 Å². The van der Waals surface area contributed by atoms with E-state index in [-0.39, 0.29) is 5.54 Å². The zero-order valence-corrected chi connectivity index (χ0v) is 9.61. The second-order valence-corrected chi connectivity index (χ2v) is 6.07. The average Bonchev–Trinajstić information content (AvgIpc) is 2.69. The summed E-state index contributed by atoms with van der Waals surface area (Å²) in [4.78, 5) is 0. The van der Waals surface area contributed by atoms with Gasteiger partial charge in [0.05, 0.1) is 6.61 Å². The van der Waals surface area contributed by atoms with Crippen LogP contribution in [0.1, 0.15) is 38.5 Å². The van der Waals surface area contributed by atoms with Gasteiger partial charge in [0.1, 0.15) is 0 Å². The molecule has 2 rings (SSSR count). The molecule has 3 heteroatoms. The van der Waals surface area contributed by atoms with Crippen LogP contribution in [0.25, 0.3) is 0 Å². The molecule has 82 valence electrons. The van der Waals surface area contributed by atoms with Crippen molar-refractivity contribution in [3.63, 3.8) is 0 Å². The first kappa shape index (κ1) is 10.8. The maximum atomic E-state index is 9.48. The minimum absolute atomic E-state index is 0.0784. The van der Waals surface area contributed by atoms with E-state index >= 15 is 0 Å². The van der Waals surface area contributed by atoms with Gasteiger partial charge in [-0.15, -0.1) is 0 Å². The molecule has 0 aromatic rings. The molecule has 0 amide bonds. The topological polar surface area (TPSA) is 32.3 Å². The summed E-state index contributed by atoms with van der Waals surface area (Å²) in [7, 11) is 0. The molecule has 14 heavy (non-hydrogen) atoms. The highest BCUT2D eigenvalue weighted by molar-refractivity contribution is 7.99. The minimum atomic E-state index is 0.0784. The van der Waals surface area contributed by atoms with Gasteiger partial charge in [0.2, 0.25) is 0 Å². The SMILES string of the molecule is OCC1(CC2CCCCS2)CCCN1. The summed E-state index contributed by atoms with van der Waals surface area (Å²) in [5.74, 6) is 1.33. The van der Waals surface area contributed by atoms with Crippen LogP contribution in [-0.4, -0.2) is 34.8 Å². The first-order valence-corrected chi connectivity index (χ1v) is 6.87. The van der Waals surface area contributed by atoms with Crippen molar-refractivity contribution in [2.75, 3.05) is 18.9 Å². The molecule has 2 nitrogen and oxygen atoms in total. The number of rotatable bonds is 3. The maximum absolute atomic E-state index is 9.48. The molecule has 0 aromatic carbocycles. The Kier molecular flexibility index (Phi) is 3.74. The van der Waals surface area contributed by atoms with Crippen LogP contribution in [0, 0.1) is 0 Å². The van der Waals surface area contributed by atoms with Crippen molar-refractivity contribution >= 4 is 11.8 Å². The quantitative estimate of drug-likeness (QED) is 0.752. The van der Waals surface area contributed by atoms with Gasteiger partial charge in [0.25, 0.3) is 0 Å². The molecule has 2 aliphatic rings. The van der Waals surface area contributed by atoms with Crippen molar-refractivity contribution in [3.05, 3.63) is 0 Å². The molecule has 2 aliphatic heterocycles. The van der Waals surface area contributed by atoms with Crippen molar-refractivity contribution in [1.29, 1.82) is 0 Å². The Morgan fingerprint density at radius 3 is 2.86 bits per heavy atom.